The Balaban J connectivity index is 2.52. The molecule has 82 valence electrons. The van der Waals surface area contributed by atoms with Gasteiger partial charge < -0.3 is 0 Å². The van der Waals surface area contributed by atoms with Crippen LogP contribution >= 0.6 is 34.2 Å². The van der Waals surface area contributed by atoms with Crippen LogP contribution in [0.4, 0.5) is 0 Å². The van der Waals surface area contributed by atoms with Crippen molar-refractivity contribution in [3.8, 4) is 11.5 Å². The van der Waals surface area contributed by atoms with Crippen molar-refractivity contribution in [2.45, 2.75) is 13.8 Å². The Bertz CT molecular complexity index is 502. The summed E-state index contributed by atoms with van der Waals surface area (Å²) in [7, 11) is 0. The molecule has 0 aromatic carbocycles. The van der Waals surface area contributed by atoms with Gasteiger partial charge in [0.1, 0.15) is 10.8 Å². The van der Waals surface area contributed by atoms with Crippen molar-refractivity contribution in [2.24, 2.45) is 0 Å². The summed E-state index contributed by atoms with van der Waals surface area (Å²) in [6.07, 6.45) is 1.79. The Morgan fingerprint density at radius 1 is 1.19 bits per heavy atom. The standard InChI is InChI=1S/C11H9ClIN3/c1-6-3-4-8(14-5-6)11-15-7(2)9(13)10(12)16-11/h3-5H,1-2H3. The van der Waals surface area contributed by atoms with Crippen LogP contribution in [0.5, 0.6) is 0 Å². The lowest BCUT2D eigenvalue weighted by molar-refractivity contribution is 1.07. The molecule has 16 heavy (non-hydrogen) atoms. The molecular weight excluding hydrogens is 336 g/mol. The molecule has 0 radical (unpaired) electrons. The highest BCUT2D eigenvalue weighted by Crippen LogP contribution is 2.22. The fourth-order valence-corrected chi connectivity index (χ4v) is 1.70. The first-order chi connectivity index (χ1) is 7.58. The molecule has 3 nitrogen and oxygen atoms in total. The van der Waals surface area contributed by atoms with Crippen LogP contribution in [-0.4, -0.2) is 15.0 Å². The average Bonchev–Trinajstić information content (AvgIpc) is 2.26. The lowest BCUT2D eigenvalue weighted by Crippen LogP contribution is -1.97. The fourth-order valence-electron chi connectivity index (χ4n) is 1.24. The van der Waals surface area contributed by atoms with Gasteiger partial charge in [0.15, 0.2) is 5.82 Å². The van der Waals surface area contributed by atoms with Gasteiger partial charge in [0.25, 0.3) is 0 Å². The molecule has 0 saturated heterocycles. The minimum absolute atomic E-state index is 0.477. The first kappa shape index (κ1) is 11.7. The van der Waals surface area contributed by atoms with E-state index in [1.807, 2.05) is 26.0 Å². The van der Waals surface area contributed by atoms with Crippen LogP contribution in [0.3, 0.4) is 0 Å². The molecule has 0 bridgehead atoms. The maximum Gasteiger partial charge on any atom is 0.179 e. The Hall–Kier alpha value is -0.750. The third kappa shape index (κ3) is 2.32. The molecule has 0 aliphatic rings. The van der Waals surface area contributed by atoms with Gasteiger partial charge in [0.2, 0.25) is 0 Å². The number of rotatable bonds is 1. The molecule has 0 spiro atoms. The van der Waals surface area contributed by atoms with Crippen molar-refractivity contribution in [3.63, 3.8) is 0 Å². The second-order valence-corrected chi connectivity index (χ2v) is 4.89. The van der Waals surface area contributed by atoms with E-state index >= 15 is 0 Å². The van der Waals surface area contributed by atoms with Gasteiger partial charge in [-0.2, -0.15) is 0 Å². The van der Waals surface area contributed by atoms with E-state index in [1.165, 1.54) is 0 Å². The Morgan fingerprint density at radius 2 is 1.94 bits per heavy atom. The monoisotopic (exact) mass is 345 g/mol. The summed E-state index contributed by atoms with van der Waals surface area (Å²) in [6.45, 7) is 3.90. The molecule has 0 saturated carbocycles. The number of aryl methyl sites for hydroxylation is 2. The van der Waals surface area contributed by atoms with E-state index in [4.69, 9.17) is 11.6 Å². The van der Waals surface area contributed by atoms with Gasteiger partial charge in [-0.1, -0.05) is 17.7 Å². The Labute approximate surface area is 112 Å². The third-order valence-corrected chi connectivity index (χ3v) is 4.00. The molecule has 0 atom stereocenters. The average molecular weight is 346 g/mol. The van der Waals surface area contributed by atoms with Crippen molar-refractivity contribution < 1.29 is 0 Å². The van der Waals surface area contributed by atoms with E-state index in [1.54, 1.807) is 6.20 Å². The lowest BCUT2D eigenvalue weighted by Gasteiger charge is -2.04. The molecule has 0 aliphatic carbocycles. The smallest absolute Gasteiger partial charge is 0.179 e. The largest absolute Gasteiger partial charge is 0.253 e. The second-order valence-electron chi connectivity index (χ2n) is 3.46. The summed E-state index contributed by atoms with van der Waals surface area (Å²) in [5.74, 6) is 0.572. The second kappa shape index (κ2) is 4.63. The van der Waals surface area contributed by atoms with Gasteiger partial charge in [-0.05, 0) is 48.1 Å². The minimum atomic E-state index is 0.477. The third-order valence-electron chi connectivity index (χ3n) is 2.12. The molecule has 0 aliphatic heterocycles. The number of pyridine rings is 1. The molecule has 2 aromatic heterocycles. The highest BCUT2D eigenvalue weighted by molar-refractivity contribution is 14.1. The molecule has 2 rings (SSSR count). The zero-order chi connectivity index (χ0) is 11.7. The van der Waals surface area contributed by atoms with Crippen LogP contribution in [0.2, 0.25) is 5.15 Å². The van der Waals surface area contributed by atoms with Gasteiger partial charge >= 0.3 is 0 Å². The van der Waals surface area contributed by atoms with Gasteiger partial charge in [-0.3, -0.25) is 4.98 Å². The highest BCUT2D eigenvalue weighted by Gasteiger charge is 2.09. The summed E-state index contributed by atoms with van der Waals surface area (Å²) in [6, 6.07) is 3.88. The molecule has 0 amide bonds. The summed E-state index contributed by atoms with van der Waals surface area (Å²) >= 11 is 8.15. The zero-order valence-corrected chi connectivity index (χ0v) is 11.7. The van der Waals surface area contributed by atoms with Crippen molar-refractivity contribution in [1.82, 2.24) is 15.0 Å². The molecule has 0 fully saturated rings. The van der Waals surface area contributed by atoms with Crippen LogP contribution in [0.25, 0.3) is 11.5 Å². The SMILES string of the molecule is Cc1ccc(-c2nc(C)c(I)c(Cl)n2)nc1. The Kier molecular flexibility index (Phi) is 3.39. The van der Waals surface area contributed by atoms with Gasteiger partial charge in [0, 0.05) is 6.20 Å². The molecule has 0 N–H and O–H groups in total. The predicted octanol–water partition coefficient (Wildman–Crippen LogP) is 3.41. The van der Waals surface area contributed by atoms with Crippen molar-refractivity contribution in [1.29, 1.82) is 0 Å². The lowest BCUT2D eigenvalue weighted by atomic mass is 10.2. The van der Waals surface area contributed by atoms with Gasteiger partial charge in [-0.25, -0.2) is 9.97 Å². The number of aromatic nitrogens is 3. The van der Waals surface area contributed by atoms with E-state index < -0.39 is 0 Å². The number of hydrogen-bond acceptors (Lipinski definition) is 3. The summed E-state index contributed by atoms with van der Waals surface area (Å²) in [5, 5.41) is 0.477. The van der Waals surface area contributed by atoms with Gasteiger partial charge in [-0.15, -0.1) is 0 Å². The van der Waals surface area contributed by atoms with Crippen molar-refractivity contribution >= 4 is 34.2 Å². The van der Waals surface area contributed by atoms with Crippen LogP contribution < -0.4 is 0 Å². The first-order valence-corrected chi connectivity index (χ1v) is 6.16. The van der Waals surface area contributed by atoms with E-state index in [-0.39, 0.29) is 0 Å². The predicted molar refractivity (Wildman–Crippen MR) is 72.5 cm³/mol. The molecule has 5 heteroatoms. The topological polar surface area (TPSA) is 38.7 Å². The van der Waals surface area contributed by atoms with Crippen LogP contribution in [0.1, 0.15) is 11.3 Å². The molecular formula is C11H9ClIN3. The quantitative estimate of drug-likeness (QED) is 0.587. The Morgan fingerprint density at radius 3 is 2.50 bits per heavy atom. The number of hydrogen-bond donors (Lipinski definition) is 0. The number of nitrogens with zero attached hydrogens (tertiary/aromatic N) is 3. The summed E-state index contributed by atoms with van der Waals surface area (Å²) < 4.78 is 0.884. The van der Waals surface area contributed by atoms with E-state index in [0.717, 1.165) is 20.5 Å². The molecule has 2 heterocycles. The van der Waals surface area contributed by atoms with Crippen LogP contribution in [0.15, 0.2) is 18.3 Å². The van der Waals surface area contributed by atoms with E-state index in [2.05, 4.69) is 37.5 Å². The van der Waals surface area contributed by atoms with Crippen LogP contribution in [-0.2, 0) is 0 Å². The maximum atomic E-state index is 6.01. The fraction of sp³-hybridized carbons (Fsp3) is 0.182. The van der Waals surface area contributed by atoms with E-state index in [9.17, 15) is 0 Å². The maximum absolute atomic E-state index is 6.01. The minimum Gasteiger partial charge on any atom is -0.253 e. The molecule has 0 unspecified atom stereocenters. The highest BCUT2D eigenvalue weighted by atomic mass is 127. The van der Waals surface area contributed by atoms with Crippen molar-refractivity contribution in [2.75, 3.05) is 0 Å². The number of halogens is 2. The summed E-state index contributed by atoms with van der Waals surface area (Å²) in [5.41, 5.74) is 2.72. The summed E-state index contributed by atoms with van der Waals surface area (Å²) in [4.78, 5) is 12.9. The van der Waals surface area contributed by atoms with Gasteiger partial charge in [0.05, 0.1) is 9.26 Å². The zero-order valence-electron chi connectivity index (χ0n) is 8.83. The first-order valence-electron chi connectivity index (χ1n) is 4.70. The normalized spacial score (nSPS) is 10.5. The van der Waals surface area contributed by atoms with Crippen LogP contribution in [0, 0.1) is 17.4 Å². The molecule has 2 aromatic rings. The van der Waals surface area contributed by atoms with Crippen molar-refractivity contribution in [3.05, 3.63) is 38.3 Å². The van der Waals surface area contributed by atoms with E-state index in [0.29, 0.717) is 11.0 Å².